The van der Waals surface area contributed by atoms with Gasteiger partial charge in [-0.3, -0.25) is 0 Å². The Hall–Kier alpha value is -0.210. The lowest BCUT2D eigenvalue weighted by molar-refractivity contribution is 0.0115. The Kier molecular flexibility index (Phi) is 8.73. The summed E-state index contributed by atoms with van der Waals surface area (Å²) in [6.45, 7) is 5.60. The van der Waals surface area contributed by atoms with Gasteiger partial charge in [-0.05, 0) is 19.3 Å². The maximum absolute atomic E-state index is 11.4. The van der Waals surface area contributed by atoms with Crippen LogP contribution < -0.4 is 5.73 Å². The molecule has 0 spiro atoms. The standard InChI is InChI=1S/C14H29NO5S/c1-2-3-6-18-8-10-20-11-9-19-7-4-14(15)5-12-21(16,17)13-14/h2-13,15H2,1H3. The summed E-state index contributed by atoms with van der Waals surface area (Å²) in [4.78, 5) is 0. The van der Waals surface area contributed by atoms with Crippen molar-refractivity contribution in [3.63, 3.8) is 0 Å². The second kappa shape index (κ2) is 9.74. The molecule has 0 amide bonds. The molecule has 1 fully saturated rings. The van der Waals surface area contributed by atoms with E-state index in [0.29, 0.717) is 45.9 Å². The van der Waals surface area contributed by atoms with Crippen molar-refractivity contribution in [3.8, 4) is 0 Å². The molecule has 0 aromatic rings. The van der Waals surface area contributed by atoms with Gasteiger partial charge < -0.3 is 19.9 Å². The molecule has 1 aliphatic heterocycles. The Morgan fingerprint density at radius 1 is 1.00 bits per heavy atom. The van der Waals surface area contributed by atoms with E-state index in [1.807, 2.05) is 0 Å². The monoisotopic (exact) mass is 323 g/mol. The molecule has 2 N–H and O–H groups in total. The molecule has 0 bridgehead atoms. The number of ether oxygens (including phenoxy) is 3. The van der Waals surface area contributed by atoms with Crippen molar-refractivity contribution >= 4 is 9.84 Å². The first-order valence-corrected chi connectivity index (χ1v) is 9.52. The Morgan fingerprint density at radius 2 is 1.57 bits per heavy atom. The molecule has 0 radical (unpaired) electrons. The molecule has 1 heterocycles. The molecule has 1 unspecified atom stereocenters. The first kappa shape index (κ1) is 18.8. The van der Waals surface area contributed by atoms with Crippen molar-refractivity contribution < 1.29 is 22.6 Å². The molecule has 0 aliphatic carbocycles. The normalized spacial score (nSPS) is 24.5. The summed E-state index contributed by atoms with van der Waals surface area (Å²) in [6.07, 6.45) is 3.33. The van der Waals surface area contributed by atoms with Crippen LogP contribution in [0.25, 0.3) is 0 Å². The fourth-order valence-electron chi connectivity index (χ4n) is 2.20. The maximum atomic E-state index is 11.4. The predicted molar refractivity (Wildman–Crippen MR) is 82.2 cm³/mol. The molecule has 6 nitrogen and oxygen atoms in total. The lowest BCUT2D eigenvalue weighted by Gasteiger charge is -2.21. The van der Waals surface area contributed by atoms with E-state index in [4.69, 9.17) is 19.9 Å². The van der Waals surface area contributed by atoms with E-state index in [9.17, 15) is 8.42 Å². The Balaban J connectivity index is 1.89. The molecule has 0 aromatic heterocycles. The van der Waals surface area contributed by atoms with Crippen LogP contribution in [0.4, 0.5) is 0 Å². The molecular weight excluding hydrogens is 294 g/mol. The molecule has 1 atom stereocenters. The summed E-state index contributed by atoms with van der Waals surface area (Å²) in [5, 5.41) is 0. The number of hydrogen-bond donors (Lipinski definition) is 1. The van der Waals surface area contributed by atoms with Gasteiger partial charge in [0.15, 0.2) is 9.84 Å². The summed E-state index contributed by atoms with van der Waals surface area (Å²) in [6, 6.07) is 0. The quantitative estimate of drug-likeness (QED) is 0.533. The van der Waals surface area contributed by atoms with Crippen LogP contribution in [0.1, 0.15) is 32.6 Å². The number of sulfone groups is 1. The zero-order valence-corrected chi connectivity index (χ0v) is 13.8. The topological polar surface area (TPSA) is 87.8 Å². The van der Waals surface area contributed by atoms with Crippen LogP contribution in [0.5, 0.6) is 0 Å². The van der Waals surface area contributed by atoms with Crippen molar-refractivity contribution in [3.05, 3.63) is 0 Å². The lowest BCUT2D eigenvalue weighted by atomic mass is 9.97. The van der Waals surface area contributed by atoms with Gasteiger partial charge in [0.25, 0.3) is 0 Å². The van der Waals surface area contributed by atoms with Crippen LogP contribution in [0.15, 0.2) is 0 Å². The second-order valence-corrected chi connectivity index (χ2v) is 7.83. The van der Waals surface area contributed by atoms with Crippen LogP contribution in [0, 0.1) is 0 Å². The van der Waals surface area contributed by atoms with Gasteiger partial charge in [0.2, 0.25) is 0 Å². The highest BCUT2D eigenvalue weighted by atomic mass is 32.2. The zero-order chi connectivity index (χ0) is 15.6. The van der Waals surface area contributed by atoms with Gasteiger partial charge in [-0.1, -0.05) is 13.3 Å². The minimum Gasteiger partial charge on any atom is -0.379 e. The Labute approximate surface area is 128 Å². The van der Waals surface area contributed by atoms with Crippen molar-refractivity contribution in [2.24, 2.45) is 5.73 Å². The summed E-state index contributed by atoms with van der Waals surface area (Å²) in [5.41, 5.74) is 5.44. The van der Waals surface area contributed by atoms with Crippen LogP contribution >= 0.6 is 0 Å². The molecule has 0 saturated carbocycles. The van der Waals surface area contributed by atoms with Gasteiger partial charge in [-0.2, -0.15) is 0 Å². The van der Waals surface area contributed by atoms with Gasteiger partial charge in [-0.15, -0.1) is 0 Å². The van der Waals surface area contributed by atoms with E-state index in [1.165, 1.54) is 0 Å². The van der Waals surface area contributed by atoms with Gasteiger partial charge in [0, 0.05) is 18.8 Å². The van der Waals surface area contributed by atoms with Crippen LogP contribution in [-0.4, -0.2) is 65.1 Å². The Morgan fingerprint density at radius 3 is 2.10 bits per heavy atom. The number of hydrogen-bond acceptors (Lipinski definition) is 6. The molecule has 126 valence electrons. The predicted octanol–water partition coefficient (Wildman–Crippen LogP) is 0.742. The van der Waals surface area contributed by atoms with Crippen molar-refractivity contribution in [1.82, 2.24) is 0 Å². The average molecular weight is 323 g/mol. The van der Waals surface area contributed by atoms with E-state index in [2.05, 4.69) is 6.92 Å². The molecule has 1 saturated heterocycles. The first-order chi connectivity index (χ1) is 9.97. The fourth-order valence-corrected chi connectivity index (χ4v) is 4.23. The SMILES string of the molecule is CCCCOCCOCCOCCC1(N)CCS(=O)(=O)C1. The van der Waals surface area contributed by atoms with Crippen LogP contribution in [0.2, 0.25) is 0 Å². The second-order valence-electron chi connectivity index (χ2n) is 5.65. The fraction of sp³-hybridized carbons (Fsp3) is 1.00. The van der Waals surface area contributed by atoms with Crippen LogP contribution in [-0.2, 0) is 24.0 Å². The summed E-state index contributed by atoms with van der Waals surface area (Å²) in [5.74, 6) is 0.277. The largest absolute Gasteiger partial charge is 0.379 e. The molecule has 21 heavy (non-hydrogen) atoms. The average Bonchev–Trinajstić information content (AvgIpc) is 2.70. The van der Waals surface area contributed by atoms with Crippen molar-refractivity contribution in [1.29, 1.82) is 0 Å². The van der Waals surface area contributed by atoms with E-state index >= 15 is 0 Å². The number of unbranched alkanes of at least 4 members (excludes halogenated alkanes) is 1. The smallest absolute Gasteiger partial charge is 0.152 e. The Bertz CT molecular complexity index is 374. The van der Waals surface area contributed by atoms with Gasteiger partial charge in [0.1, 0.15) is 0 Å². The molecule has 1 aliphatic rings. The first-order valence-electron chi connectivity index (χ1n) is 7.70. The molecule has 1 rings (SSSR count). The number of rotatable bonds is 12. The zero-order valence-electron chi connectivity index (χ0n) is 13.0. The molecular formula is C14H29NO5S. The molecule has 7 heteroatoms. The highest BCUT2D eigenvalue weighted by Gasteiger charge is 2.38. The summed E-state index contributed by atoms with van der Waals surface area (Å²) in [7, 11) is -2.94. The van der Waals surface area contributed by atoms with Crippen molar-refractivity contribution in [2.75, 3.05) is 51.1 Å². The lowest BCUT2D eigenvalue weighted by Crippen LogP contribution is -2.42. The molecule has 0 aromatic carbocycles. The minimum absolute atomic E-state index is 0.0783. The van der Waals surface area contributed by atoms with Gasteiger partial charge in [-0.25, -0.2) is 8.42 Å². The minimum atomic E-state index is -2.94. The van der Waals surface area contributed by atoms with Crippen molar-refractivity contribution in [2.45, 2.75) is 38.1 Å². The highest BCUT2D eigenvalue weighted by molar-refractivity contribution is 7.91. The third-order valence-corrected chi connectivity index (χ3v) is 5.39. The van der Waals surface area contributed by atoms with E-state index in [-0.39, 0.29) is 11.5 Å². The number of nitrogens with two attached hydrogens (primary N) is 1. The van der Waals surface area contributed by atoms with E-state index < -0.39 is 15.4 Å². The maximum Gasteiger partial charge on any atom is 0.152 e. The van der Waals surface area contributed by atoms with Crippen LogP contribution in [0.3, 0.4) is 0 Å². The van der Waals surface area contributed by atoms with E-state index in [0.717, 1.165) is 19.4 Å². The van der Waals surface area contributed by atoms with E-state index in [1.54, 1.807) is 0 Å². The summed E-state index contributed by atoms with van der Waals surface area (Å²) < 4.78 is 39.0. The third-order valence-electron chi connectivity index (χ3n) is 3.55. The van der Waals surface area contributed by atoms with Gasteiger partial charge in [0.05, 0.1) is 37.9 Å². The third kappa shape index (κ3) is 8.73. The summed E-state index contributed by atoms with van der Waals surface area (Å²) >= 11 is 0. The highest BCUT2D eigenvalue weighted by Crippen LogP contribution is 2.23. The van der Waals surface area contributed by atoms with Gasteiger partial charge >= 0.3 is 0 Å².